The maximum atomic E-state index is 12.0. The van der Waals surface area contributed by atoms with Gasteiger partial charge in [0, 0.05) is 30.2 Å². The van der Waals surface area contributed by atoms with E-state index >= 15 is 0 Å². The Balaban J connectivity index is 1.73. The number of nitrogens with one attached hydrogen (secondary N) is 1. The Morgan fingerprint density at radius 1 is 1.40 bits per heavy atom. The average Bonchev–Trinajstić information content (AvgIpc) is 2.93. The molecule has 106 valence electrons. The number of rotatable bonds is 6. The van der Waals surface area contributed by atoms with Gasteiger partial charge in [-0.05, 0) is 17.7 Å². The molecule has 0 bridgehead atoms. The fourth-order valence-corrected chi connectivity index (χ4v) is 2.70. The Hall–Kier alpha value is -1.46. The molecule has 1 amide bonds. The normalized spacial score (nSPS) is 10.5. The van der Waals surface area contributed by atoms with Gasteiger partial charge in [-0.1, -0.05) is 23.7 Å². The van der Waals surface area contributed by atoms with Gasteiger partial charge < -0.3 is 9.88 Å². The van der Waals surface area contributed by atoms with Gasteiger partial charge in [0.15, 0.2) is 0 Å². The van der Waals surface area contributed by atoms with Gasteiger partial charge in [-0.3, -0.25) is 4.79 Å². The van der Waals surface area contributed by atoms with Crippen molar-refractivity contribution in [3.05, 3.63) is 53.1 Å². The van der Waals surface area contributed by atoms with Crippen LogP contribution in [0.1, 0.15) is 11.4 Å². The molecule has 0 aliphatic rings. The molecule has 0 atom stereocenters. The number of halogens is 1. The Morgan fingerprint density at radius 2 is 2.15 bits per heavy atom. The molecular weight excluding hydrogens is 294 g/mol. The molecule has 0 unspecified atom stereocenters. The first kappa shape index (κ1) is 14.9. The number of thioether (sulfide) groups is 1. The minimum absolute atomic E-state index is 0.0976. The molecule has 2 aromatic rings. The monoisotopic (exact) mass is 309 g/mol. The molecular formula is C14H16ClN3OS. The first-order valence-corrected chi connectivity index (χ1v) is 7.73. The topological polar surface area (TPSA) is 49.0 Å². The molecule has 0 aliphatic carbocycles. The first-order valence-electron chi connectivity index (χ1n) is 6.19. The number of aromatic amines is 1. The van der Waals surface area contributed by atoms with Crippen molar-refractivity contribution in [2.24, 2.45) is 0 Å². The van der Waals surface area contributed by atoms with Crippen LogP contribution < -0.4 is 0 Å². The second kappa shape index (κ2) is 7.36. The summed E-state index contributed by atoms with van der Waals surface area (Å²) in [7, 11) is 1.79. The van der Waals surface area contributed by atoms with E-state index in [9.17, 15) is 4.79 Å². The lowest BCUT2D eigenvalue weighted by atomic mass is 10.2. The Labute approximate surface area is 127 Å². The van der Waals surface area contributed by atoms with E-state index in [2.05, 4.69) is 9.97 Å². The third kappa shape index (κ3) is 4.58. The predicted molar refractivity (Wildman–Crippen MR) is 82.7 cm³/mol. The molecule has 0 fully saturated rings. The predicted octanol–water partition coefficient (Wildman–Crippen LogP) is 2.95. The number of carbonyl (C=O) groups is 1. The standard InChI is InChI=1S/C14H16ClN3OS/c1-18(8-13-16-6-7-17-13)14(19)10-20-9-11-2-4-12(15)5-3-11/h2-7H,8-10H2,1H3,(H,16,17). The Morgan fingerprint density at radius 3 is 2.80 bits per heavy atom. The van der Waals surface area contributed by atoms with Crippen LogP contribution >= 0.6 is 23.4 Å². The van der Waals surface area contributed by atoms with Gasteiger partial charge >= 0.3 is 0 Å². The van der Waals surface area contributed by atoms with E-state index in [1.807, 2.05) is 24.3 Å². The van der Waals surface area contributed by atoms with E-state index in [-0.39, 0.29) is 5.91 Å². The van der Waals surface area contributed by atoms with E-state index in [0.29, 0.717) is 12.3 Å². The summed E-state index contributed by atoms with van der Waals surface area (Å²) in [6.45, 7) is 0.507. The molecule has 6 heteroatoms. The van der Waals surface area contributed by atoms with Crippen molar-refractivity contribution in [1.82, 2.24) is 14.9 Å². The zero-order valence-electron chi connectivity index (χ0n) is 11.2. The summed E-state index contributed by atoms with van der Waals surface area (Å²) in [5, 5.41) is 0.730. The van der Waals surface area contributed by atoms with Gasteiger partial charge in [0.25, 0.3) is 0 Å². The third-order valence-corrected chi connectivity index (χ3v) is 4.02. The summed E-state index contributed by atoms with van der Waals surface area (Å²) in [6.07, 6.45) is 3.44. The molecule has 0 aliphatic heterocycles. The summed E-state index contributed by atoms with van der Waals surface area (Å²) in [6, 6.07) is 7.68. The van der Waals surface area contributed by atoms with Gasteiger partial charge in [0.1, 0.15) is 5.82 Å². The highest BCUT2D eigenvalue weighted by atomic mass is 35.5. The Bertz CT molecular complexity index is 542. The number of H-pyrrole nitrogens is 1. The van der Waals surface area contributed by atoms with Crippen LogP contribution in [0.2, 0.25) is 5.02 Å². The summed E-state index contributed by atoms with van der Waals surface area (Å²) in [4.78, 5) is 20.7. The van der Waals surface area contributed by atoms with Crippen molar-refractivity contribution in [1.29, 1.82) is 0 Å². The summed E-state index contributed by atoms with van der Waals surface area (Å²) in [5.41, 5.74) is 1.17. The fourth-order valence-electron chi connectivity index (χ4n) is 1.64. The van der Waals surface area contributed by atoms with Crippen molar-refractivity contribution in [3.63, 3.8) is 0 Å². The van der Waals surface area contributed by atoms with E-state index in [1.165, 1.54) is 5.56 Å². The van der Waals surface area contributed by atoms with E-state index < -0.39 is 0 Å². The third-order valence-electron chi connectivity index (χ3n) is 2.78. The van der Waals surface area contributed by atoms with Crippen LogP contribution in [0.4, 0.5) is 0 Å². The lowest BCUT2D eigenvalue weighted by Crippen LogP contribution is -2.28. The number of carbonyl (C=O) groups excluding carboxylic acids is 1. The van der Waals surface area contributed by atoms with Crippen LogP contribution in [-0.2, 0) is 17.1 Å². The first-order chi connectivity index (χ1) is 9.65. The molecule has 0 radical (unpaired) electrons. The minimum atomic E-state index is 0.0976. The second-order valence-electron chi connectivity index (χ2n) is 4.40. The van der Waals surface area contributed by atoms with Crippen molar-refractivity contribution < 1.29 is 4.79 Å². The Kier molecular flexibility index (Phi) is 5.49. The highest BCUT2D eigenvalue weighted by Gasteiger charge is 2.10. The quantitative estimate of drug-likeness (QED) is 0.892. The maximum absolute atomic E-state index is 12.0. The number of aromatic nitrogens is 2. The molecule has 1 aromatic heterocycles. The fraction of sp³-hybridized carbons (Fsp3) is 0.286. The number of imidazole rings is 1. The summed E-state index contributed by atoms with van der Waals surface area (Å²) < 4.78 is 0. The average molecular weight is 310 g/mol. The van der Waals surface area contributed by atoms with Gasteiger partial charge in [-0.2, -0.15) is 0 Å². The molecule has 1 aromatic carbocycles. The molecule has 4 nitrogen and oxygen atoms in total. The van der Waals surface area contributed by atoms with E-state index in [0.717, 1.165) is 16.6 Å². The van der Waals surface area contributed by atoms with Gasteiger partial charge in [-0.25, -0.2) is 4.98 Å². The lowest BCUT2D eigenvalue weighted by molar-refractivity contribution is -0.127. The van der Waals surface area contributed by atoms with Crippen molar-refractivity contribution in [2.75, 3.05) is 12.8 Å². The SMILES string of the molecule is CN(Cc1ncc[nH]1)C(=O)CSCc1ccc(Cl)cc1. The number of hydrogen-bond acceptors (Lipinski definition) is 3. The largest absolute Gasteiger partial charge is 0.347 e. The van der Waals surface area contributed by atoms with Crippen molar-refractivity contribution >= 4 is 29.3 Å². The minimum Gasteiger partial charge on any atom is -0.347 e. The number of amides is 1. The number of nitrogens with zero attached hydrogens (tertiary/aromatic N) is 2. The van der Waals surface area contributed by atoms with Crippen molar-refractivity contribution in [3.8, 4) is 0 Å². The number of hydrogen-bond donors (Lipinski definition) is 1. The van der Waals surface area contributed by atoms with Crippen LogP contribution in [0.3, 0.4) is 0 Å². The molecule has 0 saturated heterocycles. The molecule has 20 heavy (non-hydrogen) atoms. The molecule has 2 rings (SSSR count). The second-order valence-corrected chi connectivity index (χ2v) is 5.83. The van der Waals surface area contributed by atoms with Crippen LogP contribution in [0, 0.1) is 0 Å². The zero-order chi connectivity index (χ0) is 14.4. The number of benzene rings is 1. The van der Waals surface area contributed by atoms with Gasteiger partial charge in [-0.15, -0.1) is 11.8 Å². The van der Waals surface area contributed by atoms with Crippen molar-refractivity contribution in [2.45, 2.75) is 12.3 Å². The van der Waals surface area contributed by atoms with Crippen LogP contribution in [0.5, 0.6) is 0 Å². The summed E-state index contributed by atoms with van der Waals surface area (Å²) in [5.74, 6) is 2.15. The highest BCUT2D eigenvalue weighted by Crippen LogP contribution is 2.15. The van der Waals surface area contributed by atoms with Gasteiger partial charge in [0.2, 0.25) is 5.91 Å². The smallest absolute Gasteiger partial charge is 0.232 e. The van der Waals surface area contributed by atoms with E-state index in [4.69, 9.17) is 11.6 Å². The maximum Gasteiger partial charge on any atom is 0.232 e. The highest BCUT2D eigenvalue weighted by molar-refractivity contribution is 7.99. The lowest BCUT2D eigenvalue weighted by Gasteiger charge is -2.15. The molecule has 0 spiro atoms. The summed E-state index contributed by atoms with van der Waals surface area (Å²) >= 11 is 7.43. The molecule has 1 N–H and O–H groups in total. The van der Waals surface area contributed by atoms with Crippen LogP contribution in [-0.4, -0.2) is 33.6 Å². The van der Waals surface area contributed by atoms with Gasteiger partial charge in [0.05, 0.1) is 12.3 Å². The van der Waals surface area contributed by atoms with E-state index in [1.54, 1.807) is 36.1 Å². The van der Waals surface area contributed by atoms with Crippen LogP contribution in [0.15, 0.2) is 36.7 Å². The zero-order valence-corrected chi connectivity index (χ0v) is 12.7. The molecule has 0 saturated carbocycles. The van der Waals surface area contributed by atoms with Crippen LogP contribution in [0.25, 0.3) is 0 Å². The molecule has 1 heterocycles.